The van der Waals surface area contributed by atoms with Crippen LogP contribution in [-0.2, 0) is 0 Å². The van der Waals surface area contributed by atoms with E-state index < -0.39 is 0 Å². The predicted molar refractivity (Wildman–Crippen MR) is 51.1 cm³/mol. The number of halogens is 2. The molecule has 1 fully saturated rings. The Labute approximate surface area is 82.4 Å². The van der Waals surface area contributed by atoms with Crippen molar-refractivity contribution in [3.63, 3.8) is 0 Å². The van der Waals surface area contributed by atoms with Crippen molar-refractivity contribution < 1.29 is 4.42 Å². The Hall–Kier alpha value is 0.240. The number of rotatable bonds is 2. The molecule has 0 amide bonds. The third-order valence-corrected chi connectivity index (χ3v) is 3.59. The molecule has 2 unspecified atom stereocenters. The van der Waals surface area contributed by atoms with Crippen molar-refractivity contribution in [2.24, 2.45) is 5.92 Å². The van der Waals surface area contributed by atoms with E-state index in [9.17, 15) is 0 Å². The molecule has 60 valence electrons. The summed E-state index contributed by atoms with van der Waals surface area (Å²) in [6.07, 6.45) is 3.00. The average molecular weight is 280 g/mol. The molecule has 1 aromatic heterocycles. The Kier molecular flexibility index (Phi) is 2.10. The highest BCUT2D eigenvalue weighted by atomic mass is 79.9. The van der Waals surface area contributed by atoms with E-state index in [0.29, 0.717) is 5.92 Å². The van der Waals surface area contributed by atoms with E-state index in [-0.39, 0.29) is 0 Å². The van der Waals surface area contributed by atoms with Crippen LogP contribution in [0.4, 0.5) is 0 Å². The summed E-state index contributed by atoms with van der Waals surface area (Å²) in [5, 5.41) is 1.09. The van der Waals surface area contributed by atoms with E-state index in [2.05, 4.69) is 31.9 Å². The highest BCUT2D eigenvalue weighted by Crippen LogP contribution is 2.50. The molecule has 0 saturated heterocycles. The molecule has 3 heteroatoms. The van der Waals surface area contributed by atoms with Gasteiger partial charge in [0.2, 0.25) is 0 Å². The summed E-state index contributed by atoms with van der Waals surface area (Å²) in [4.78, 5) is 0. The van der Waals surface area contributed by atoms with Crippen LogP contribution in [0.1, 0.15) is 18.1 Å². The van der Waals surface area contributed by atoms with Crippen molar-refractivity contribution in [2.45, 2.75) is 12.3 Å². The molecule has 0 N–H and O–H groups in total. The summed E-state index contributed by atoms with van der Waals surface area (Å²) in [5.74, 6) is 2.56. The van der Waals surface area contributed by atoms with E-state index in [1.807, 2.05) is 6.07 Å². The quantitative estimate of drug-likeness (QED) is 0.755. The molecule has 0 radical (unpaired) electrons. The van der Waals surface area contributed by atoms with Crippen molar-refractivity contribution in [1.82, 2.24) is 0 Å². The first-order valence-electron chi connectivity index (χ1n) is 3.61. The lowest BCUT2D eigenvalue weighted by Crippen LogP contribution is -1.81. The normalized spacial score (nSPS) is 28.9. The van der Waals surface area contributed by atoms with Gasteiger partial charge in [0.05, 0.1) is 10.7 Å². The minimum Gasteiger partial charge on any atom is -0.468 e. The van der Waals surface area contributed by atoms with Crippen molar-refractivity contribution in [2.75, 3.05) is 5.33 Å². The summed E-state index contributed by atoms with van der Waals surface area (Å²) in [6, 6.07) is 1.96. The van der Waals surface area contributed by atoms with E-state index in [4.69, 9.17) is 4.42 Å². The second-order valence-corrected chi connectivity index (χ2v) is 4.39. The molecule has 0 bridgehead atoms. The van der Waals surface area contributed by atoms with Gasteiger partial charge in [-0.05, 0) is 34.3 Å². The van der Waals surface area contributed by atoms with Gasteiger partial charge in [0.1, 0.15) is 5.76 Å². The minimum absolute atomic E-state index is 0.652. The van der Waals surface area contributed by atoms with Crippen LogP contribution in [-0.4, -0.2) is 5.33 Å². The van der Waals surface area contributed by atoms with Crippen LogP contribution in [0, 0.1) is 5.92 Å². The van der Waals surface area contributed by atoms with E-state index in [0.717, 1.165) is 21.5 Å². The molecular weight excluding hydrogens is 272 g/mol. The zero-order valence-corrected chi connectivity index (χ0v) is 9.06. The third-order valence-electron chi connectivity index (χ3n) is 2.10. The van der Waals surface area contributed by atoms with Gasteiger partial charge in [0.15, 0.2) is 0 Å². The molecule has 1 saturated carbocycles. The van der Waals surface area contributed by atoms with Crippen LogP contribution in [0.3, 0.4) is 0 Å². The zero-order chi connectivity index (χ0) is 7.84. The summed E-state index contributed by atoms with van der Waals surface area (Å²) in [5.41, 5.74) is 0. The Morgan fingerprint density at radius 3 is 2.91 bits per heavy atom. The van der Waals surface area contributed by atoms with Gasteiger partial charge in [0.25, 0.3) is 0 Å². The number of hydrogen-bond acceptors (Lipinski definition) is 1. The fourth-order valence-electron chi connectivity index (χ4n) is 1.31. The highest BCUT2D eigenvalue weighted by Gasteiger charge is 2.40. The molecule has 0 spiro atoms. The zero-order valence-electron chi connectivity index (χ0n) is 5.89. The molecule has 1 aliphatic carbocycles. The third kappa shape index (κ3) is 1.41. The van der Waals surface area contributed by atoms with Gasteiger partial charge < -0.3 is 4.42 Å². The van der Waals surface area contributed by atoms with Crippen LogP contribution in [0.5, 0.6) is 0 Å². The Morgan fingerprint density at radius 1 is 1.64 bits per heavy atom. The molecule has 0 aromatic carbocycles. The van der Waals surface area contributed by atoms with Gasteiger partial charge in [-0.15, -0.1) is 0 Å². The lowest BCUT2D eigenvalue weighted by molar-refractivity contribution is 0.504. The topological polar surface area (TPSA) is 13.1 Å². The fraction of sp³-hybridized carbons (Fsp3) is 0.500. The van der Waals surface area contributed by atoms with E-state index in [1.54, 1.807) is 6.26 Å². The predicted octanol–water partition coefficient (Wildman–Crippen LogP) is 3.54. The van der Waals surface area contributed by atoms with Gasteiger partial charge >= 0.3 is 0 Å². The minimum atomic E-state index is 0.652. The second-order valence-electron chi connectivity index (χ2n) is 2.89. The van der Waals surface area contributed by atoms with Gasteiger partial charge in [-0.25, -0.2) is 0 Å². The highest BCUT2D eigenvalue weighted by molar-refractivity contribution is 9.10. The van der Waals surface area contributed by atoms with Gasteiger partial charge in [-0.1, -0.05) is 15.9 Å². The molecule has 1 heterocycles. The molecule has 1 aromatic rings. The SMILES string of the molecule is BrCC1CC1c1occc1Br. The van der Waals surface area contributed by atoms with Crippen LogP contribution >= 0.6 is 31.9 Å². The van der Waals surface area contributed by atoms with Gasteiger partial charge in [-0.3, -0.25) is 0 Å². The van der Waals surface area contributed by atoms with Crippen molar-refractivity contribution in [3.05, 3.63) is 22.6 Å². The largest absolute Gasteiger partial charge is 0.468 e. The first kappa shape index (κ1) is 7.87. The maximum Gasteiger partial charge on any atom is 0.121 e. The maximum absolute atomic E-state index is 5.35. The molecular formula is C8H8Br2O. The van der Waals surface area contributed by atoms with Gasteiger partial charge in [0, 0.05) is 11.2 Å². The monoisotopic (exact) mass is 278 g/mol. The number of alkyl halides is 1. The summed E-state index contributed by atoms with van der Waals surface area (Å²) >= 11 is 6.92. The average Bonchev–Trinajstić information content (AvgIpc) is 2.68. The van der Waals surface area contributed by atoms with Crippen LogP contribution in [0.15, 0.2) is 21.2 Å². The first-order valence-corrected chi connectivity index (χ1v) is 5.53. The standard InChI is InChI=1S/C8H8Br2O/c9-4-5-3-6(5)8-7(10)1-2-11-8/h1-2,5-6H,3-4H2. The summed E-state index contributed by atoms with van der Waals surface area (Å²) in [6.45, 7) is 0. The number of hydrogen-bond donors (Lipinski definition) is 0. The first-order chi connectivity index (χ1) is 5.33. The summed E-state index contributed by atoms with van der Waals surface area (Å²) < 4.78 is 6.47. The van der Waals surface area contributed by atoms with Crippen LogP contribution in [0.25, 0.3) is 0 Å². The Balaban J connectivity index is 2.14. The lowest BCUT2D eigenvalue weighted by atomic mass is 10.3. The summed E-state index contributed by atoms with van der Waals surface area (Å²) in [7, 11) is 0. The lowest BCUT2D eigenvalue weighted by Gasteiger charge is -1.92. The van der Waals surface area contributed by atoms with Crippen molar-refractivity contribution >= 4 is 31.9 Å². The Bertz CT molecular complexity index is 256. The van der Waals surface area contributed by atoms with E-state index >= 15 is 0 Å². The van der Waals surface area contributed by atoms with Gasteiger partial charge in [-0.2, -0.15) is 0 Å². The molecule has 0 aliphatic heterocycles. The van der Waals surface area contributed by atoms with Crippen molar-refractivity contribution in [3.8, 4) is 0 Å². The fourth-order valence-corrected chi connectivity index (χ4v) is 2.52. The second kappa shape index (κ2) is 2.94. The smallest absolute Gasteiger partial charge is 0.121 e. The van der Waals surface area contributed by atoms with E-state index in [1.165, 1.54) is 6.42 Å². The molecule has 2 atom stereocenters. The number of furan rings is 1. The maximum atomic E-state index is 5.35. The van der Waals surface area contributed by atoms with Crippen molar-refractivity contribution in [1.29, 1.82) is 0 Å². The van der Waals surface area contributed by atoms with Crippen LogP contribution < -0.4 is 0 Å². The molecule has 1 nitrogen and oxygen atoms in total. The molecule has 1 aliphatic rings. The molecule has 2 rings (SSSR count). The molecule has 11 heavy (non-hydrogen) atoms. The van der Waals surface area contributed by atoms with Crippen LogP contribution in [0.2, 0.25) is 0 Å². The Morgan fingerprint density at radius 2 is 2.45 bits per heavy atom.